The maximum atomic E-state index is 11.4. The third-order valence-corrected chi connectivity index (χ3v) is 3.72. The predicted molar refractivity (Wildman–Crippen MR) is 70.4 cm³/mol. The van der Waals surface area contributed by atoms with Crippen LogP contribution in [-0.2, 0) is 0 Å². The molecular formula is C12H19NO3S. The highest BCUT2D eigenvalue weighted by molar-refractivity contribution is 7.99. The Balaban J connectivity index is 3.04. The van der Waals surface area contributed by atoms with Crippen molar-refractivity contribution in [2.75, 3.05) is 18.8 Å². The van der Waals surface area contributed by atoms with Crippen LogP contribution in [0.15, 0.2) is 21.5 Å². The van der Waals surface area contributed by atoms with Gasteiger partial charge in [0.05, 0.1) is 0 Å². The summed E-state index contributed by atoms with van der Waals surface area (Å²) in [4.78, 5) is 13.6. The molecule has 5 heteroatoms. The number of nitrogens with zero attached hydrogens (tertiary/aromatic N) is 1. The molecule has 0 bridgehead atoms. The molecule has 0 aliphatic carbocycles. The standard InChI is InChI=1S/C12H19NO3S/c1-4-13(5-2)12(17-6-3)11-7-9(14)10(15)8-16-11/h7-8,12,15H,4-6H2,1-3H3. The number of rotatable bonds is 6. The topological polar surface area (TPSA) is 53.7 Å². The second-order valence-corrected chi connectivity index (χ2v) is 4.92. The zero-order valence-electron chi connectivity index (χ0n) is 10.5. The van der Waals surface area contributed by atoms with Gasteiger partial charge in [0.2, 0.25) is 5.43 Å². The Morgan fingerprint density at radius 1 is 1.41 bits per heavy atom. The molecule has 0 aliphatic heterocycles. The van der Waals surface area contributed by atoms with Crippen molar-refractivity contribution < 1.29 is 9.52 Å². The summed E-state index contributed by atoms with van der Waals surface area (Å²) in [5, 5.41) is 9.21. The van der Waals surface area contributed by atoms with E-state index in [4.69, 9.17) is 4.42 Å². The lowest BCUT2D eigenvalue weighted by atomic mass is 10.3. The lowest BCUT2D eigenvalue weighted by Gasteiger charge is -2.27. The zero-order chi connectivity index (χ0) is 12.8. The summed E-state index contributed by atoms with van der Waals surface area (Å²) in [5.41, 5.74) is -0.389. The molecule has 96 valence electrons. The highest BCUT2D eigenvalue weighted by Crippen LogP contribution is 2.31. The van der Waals surface area contributed by atoms with Crippen LogP contribution >= 0.6 is 11.8 Å². The molecule has 0 fully saturated rings. The van der Waals surface area contributed by atoms with Gasteiger partial charge >= 0.3 is 0 Å². The molecule has 0 aliphatic rings. The van der Waals surface area contributed by atoms with Crippen molar-refractivity contribution in [3.05, 3.63) is 28.3 Å². The summed E-state index contributed by atoms with van der Waals surface area (Å²) in [5.74, 6) is 1.20. The average molecular weight is 257 g/mol. The van der Waals surface area contributed by atoms with Crippen LogP contribution in [-0.4, -0.2) is 28.8 Å². The van der Waals surface area contributed by atoms with E-state index in [1.54, 1.807) is 11.8 Å². The van der Waals surface area contributed by atoms with Gasteiger partial charge in [0.25, 0.3) is 0 Å². The van der Waals surface area contributed by atoms with Crippen molar-refractivity contribution in [1.29, 1.82) is 0 Å². The highest BCUT2D eigenvalue weighted by Gasteiger charge is 2.20. The third-order valence-electron chi connectivity index (χ3n) is 2.54. The Bertz CT molecular complexity index is 401. The first-order valence-electron chi connectivity index (χ1n) is 5.81. The summed E-state index contributed by atoms with van der Waals surface area (Å²) in [6, 6.07) is 1.38. The van der Waals surface area contributed by atoms with E-state index in [-0.39, 0.29) is 16.6 Å². The minimum atomic E-state index is -0.389. The molecule has 1 rings (SSSR count). The molecule has 1 unspecified atom stereocenters. The second kappa shape index (κ2) is 6.71. The van der Waals surface area contributed by atoms with Gasteiger partial charge in [-0.3, -0.25) is 9.69 Å². The van der Waals surface area contributed by atoms with Crippen LogP contribution < -0.4 is 5.43 Å². The normalized spacial score (nSPS) is 12.9. The average Bonchev–Trinajstić information content (AvgIpc) is 2.33. The minimum Gasteiger partial charge on any atom is -0.502 e. The van der Waals surface area contributed by atoms with Gasteiger partial charge in [-0.2, -0.15) is 0 Å². The summed E-state index contributed by atoms with van der Waals surface area (Å²) in [7, 11) is 0. The van der Waals surface area contributed by atoms with E-state index in [0.29, 0.717) is 5.76 Å². The first-order chi connectivity index (χ1) is 8.13. The van der Waals surface area contributed by atoms with E-state index in [9.17, 15) is 9.90 Å². The molecular weight excluding hydrogens is 238 g/mol. The summed E-state index contributed by atoms with van der Waals surface area (Å²) in [6.45, 7) is 7.99. The highest BCUT2D eigenvalue weighted by atomic mass is 32.2. The van der Waals surface area contributed by atoms with E-state index in [1.807, 2.05) is 0 Å². The molecule has 0 radical (unpaired) electrons. The van der Waals surface area contributed by atoms with Gasteiger partial charge in [-0.15, -0.1) is 11.8 Å². The Kier molecular flexibility index (Phi) is 5.58. The second-order valence-electron chi connectivity index (χ2n) is 3.56. The monoisotopic (exact) mass is 257 g/mol. The van der Waals surface area contributed by atoms with Crippen molar-refractivity contribution in [2.45, 2.75) is 26.1 Å². The number of thioether (sulfide) groups is 1. The van der Waals surface area contributed by atoms with Gasteiger partial charge in [-0.25, -0.2) is 0 Å². The van der Waals surface area contributed by atoms with Crippen molar-refractivity contribution >= 4 is 11.8 Å². The summed E-state index contributed by atoms with van der Waals surface area (Å²) in [6.07, 6.45) is 1.12. The summed E-state index contributed by atoms with van der Waals surface area (Å²) < 4.78 is 5.33. The molecule has 0 saturated carbocycles. The van der Waals surface area contributed by atoms with Crippen LogP contribution in [0, 0.1) is 0 Å². The van der Waals surface area contributed by atoms with Gasteiger partial charge < -0.3 is 9.52 Å². The Morgan fingerprint density at radius 3 is 2.53 bits per heavy atom. The summed E-state index contributed by atoms with van der Waals surface area (Å²) >= 11 is 1.71. The quantitative estimate of drug-likeness (QED) is 0.793. The molecule has 1 atom stereocenters. The largest absolute Gasteiger partial charge is 0.502 e. The van der Waals surface area contributed by atoms with Gasteiger partial charge in [0.15, 0.2) is 5.75 Å². The molecule has 1 aromatic rings. The smallest absolute Gasteiger partial charge is 0.226 e. The maximum Gasteiger partial charge on any atom is 0.226 e. The number of aromatic hydroxyl groups is 1. The fraction of sp³-hybridized carbons (Fsp3) is 0.583. The Morgan fingerprint density at radius 2 is 2.06 bits per heavy atom. The number of hydrogen-bond donors (Lipinski definition) is 1. The predicted octanol–water partition coefficient (Wildman–Crippen LogP) is 2.44. The molecule has 0 saturated heterocycles. The zero-order valence-corrected chi connectivity index (χ0v) is 11.3. The van der Waals surface area contributed by atoms with E-state index in [2.05, 4.69) is 25.7 Å². The van der Waals surface area contributed by atoms with Crippen LogP contribution in [0.3, 0.4) is 0 Å². The minimum absolute atomic E-state index is 0.0308. The van der Waals surface area contributed by atoms with E-state index < -0.39 is 0 Å². The van der Waals surface area contributed by atoms with Gasteiger partial charge in [-0.05, 0) is 18.8 Å². The molecule has 1 aromatic heterocycles. The van der Waals surface area contributed by atoms with Crippen LogP contribution in [0.1, 0.15) is 31.9 Å². The van der Waals surface area contributed by atoms with Crippen molar-refractivity contribution in [1.82, 2.24) is 4.90 Å². The Hall–Kier alpha value is -0.940. The van der Waals surface area contributed by atoms with Crippen LogP contribution in [0.2, 0.25) is 0 Å². The first-order valence-corrected chi connectivity index (χ1v) is 6.86. The molecule has 0 spiro atoms. The van der Waals surface area contributed by atoms with Gasteiger partial charge in [-0.1, -0.05) is 20.8 Å². The fourth-order valence-electron chi connectivity index (χ4n) is 1.63. The van der Waals surface area contributed by atoms with Crippen LogP contribution in [0.5, 0.6) is 5.75 Å². The molecule has 17 heavy (non-hydrogen) atoms. The molecule has 4 nitrogen and oxygen atoms in total. The SMILES string of the molecule is CCSC(c1cc(=O)c(O)co1)N(CC)CC. The number of hydrogen-bond acceptors (Lipinski definition) is 5. The van der Waals surface area contributed by atoms with Crippen molar-refractivity contribution in [3.63, 3.8) is 0 Å². The lowest BCUT2D eigenvalue weighted by Crippen LogP contribution is -2.27. The van der Waals surface area contributed by atoms with Crippen LogP contribution in [0.25, 0.3) is 0 Å². The molecule has 1 heterocycles. The molecule has 0 amide bonds. The third kappa shape index (κ3) is 3.51. The molecule has 0 aromatic carbocycles. The first kappa shape index (κ1) is 14.1. The van der Waals surface area contributed by atoms with Gasteiger partial charge in [0.1, 0.15) is 17.4 Å². The van der Waals surface area contributed by atoms with E-state index in [1.165, 1.54) is 6.07 Å². The van der Waals surface area contributed by atoms with E-state index in [0.717, 1.165) is 25.1 Å². The maximum absolute atomic E-state index is 11.4. The fourth-order valence-corrected chi connectivity index (χ4v) is 2.74. The molecule has 1 N–H and O–H groups in total. The lowest BCUT2D eigenvalue weighted by molar-refractivity contribution is 0.255. The van der Waals surface area contributed by atoms with Crippen LogP contribution in [0.4, 0.5) is 0 Å². The Labute approximate surface area is 106 Å². The van der Waals surface area contributed by atoms with E-state index >= 15 is 0 Å². The van der Waals surface area contributed by atoms with Crippen molar-refractivity contribution in [3.8, 4) is 5.75 Å². The van der Waals surface area contributed by atoms with Crippen molar-refractivity contribution in [2.24, 2.45) is 0 Å². The van der Waals surface area contributed by atoms with Gasteiger partial charge in [0, 0.05) is 6.07 Å².